The van der Waals surface area contributed by atoms with E-state index in [1.807, 2.05) is 24.3 Å². The lowest BCUT2D eigenvalue weighted by molar-refractivity contribution is 0.199. The molecule has 0 spiro atoms. The fourth-order valence-electron chi connectivity index (χ4n) is 1.81. The Morgan fingerprint density at radius 1 is 1.15 bits per heavy atom. The lowest BCUT2D eigenvalue weighted by Crippen LogP contribution is -1.96. The van der Waals surface area contributed by atoms with Crippen molar-refractivity contribution in [2.75, 3.05) is 6.61 Å². The number of ether oxygens (including phenoxy) is 1. The molecular weight excluding hydrogens is 248 g/mol. The van der Waals surface area contributed by atoms with Gasteiger partial charge in [-0.15, -0.1) is 0 Å². The summed E-state index contributed by atoms with van der Waals surface area (Å²) in [6, 6.07) is 7.58. The lowest BCUT2D eigenvalue weighted by Gasteiger charge is -2.07. The minimum Gasteiger partial charge on any atom is -0.490 e. The Morgan fingerprint density at radius 3 is 2.35 bits per heavy atom. The summed E-state index contributed by atoms with van der Waals surface area (Å²) < 4.78 is 5.67. The van der Waals surface area contributed by atoms with E-state index in [9.17, 15) is 5.11 Å². The first-order valence-electron chi connectivity index (χ1n) is 7.19. The molecule has 1 aromatic rings. The van der Waals surface area contributed by atoms with Crippen molar-refractivity contribution in [2.45, 2.75) is 46.6 Å². The molecule has 0 aliphatic heterocycles. The van der Waals surface area contributed by atoms with Crippen LogP contribution in [0.15, 0.2) is 47.6 Å². The average molecular weight is 274 g/mol. The molecule has 0 amide bonds. The van der Waals surface area contributed by atoms with Crippen LogP contribution in [0, 0.1) is 0 Å². The van der Waals surface area contributed by atoms with Crippen LogP contribution >= 0.6 is 0 Å². The van der Waals surface area contributed by atoms with Gasteiger partial charge in [0, 0.05) is 0 Å². The first-order chi connectivity index (χ1) is 9.49. The normalized spacial score (nSPS) is 12.9. The zero-order chi connectivity index (χ0) is 15.0. The van der Waals surface area contributed by atoms with E-state index < -0.39 is 6.10 Å². The molecule has 0 radical (unpaired) electrons. The Balaban J connectivity index is 2.37. The van der Waals surface area contributed by atoms with Gasteiger partial charge >= 0.3 is 0 Å². The third-order valence-electron chi connectivity index (χ3n) is 3.14. The van der Waals surface area contributed by atoms with Crippen LogP contribution < -0.4 is 4.74 Å². The Hall–Kier alpha value is -1.54. The van der Waals surface area contributed by atoms with E-state index in [0.717, 1.165) is 24.2 Å². The first-order valence-corrected chi connectivity index (χ1v) is 7.19. The van der Waals surface area contributed by atoms with Crippen molar-refractivity contribution in [1.82, 2.24) is 0 Å². The molecule has 2 nitrogen and oxygen atoms in total. The van der Waals surface area contributed by atoms with Crippen LogP contribution in [0.2, 0.25) is 0 Å². The van der Waals surface area contributed by atoms with Gasteiger partial charge in [0.2, 0.25) is 0 Å². The van der Waals surface area contributed by atoms with Crippen LogP contribution in [0.25, 0.3) is 0 Å². The van der Waals surface area contributed by atoms with E-state index in [2.05, 4.69) is 32.9 Å². The van der Waals surface area contributed by atoms with Gasteiger partial charge in [-0.2, -0.15) is 0 Å². The van der Waals surface area contributed by atoms with Crippen molar-refractivity contribution in [3.05, 3.63) is 53.1 Å². The monoisotopic (exact) mass is 274 g/mol. The molecule has 0 bridgehead atoms. The highest BCUT2D eigenvalue weighted by atomic mass is 16.5. The number of aliphatic hydroxyl groups excluding tert-OH is 1. The maximum Gasteiger partial charge on any atom is 0.119 e. The van der Waals surface area contributed by atoms with Gasteiger partial charge < -0.3 is 9.84 Å². The third-order valence-corrected chi connectivity index (χ3v) is 3.14. The molecule has 0 heterocycles. The van der Waals surface area contributed by atoms with E-state index in [-0.39, 0.29) is 0 Å². The van der Waals surface area contributed by atoms with Crippen LogP contribution in [0.3, 0.4) is 0 Å². The maximum atomic E-state index is 9.43. The minimum atomic E-state index is -0.429. The van der Waals surface area contributed by atoms with Crippen molar-refractivity contribution in [1.29, 1.82) is 0 Å². The molecular formula is C18H26O2. The molecule has 1 aromatic carbocycles. The minimum absolute atomic E-state index is 0.429. The van der Waals surface area contributed by atoms with E-state index in [4.69, 9.17) is 4.74 Å². The van der Waals surface area contributed by atoms with Crippen molar-refractivity contribution < 1.29 is 9.84 Å². The predicted octanol–water partition coefficient (Wildman–Crippen LogP) is 4.81. The lowest BCUT2D eigenvalue weighted by atomic mass is 10.1. The fourth-order valence-corrected chi connectivity index (χ4v) is 1.81. The molecule has 0 saturated heterocycles. The number of allylic oxidation sites excluding steroid dienone is 3. The van der Waals surface area contributed by atoms with Gasteiger partial charge in [-0.3, -0.25) is 0 Å². The second-order valence-electron chi connectivity index (χ2n) is 5.43. The van der Waals surface area contributed by atoms with Gasteiger partial charge in [0.25, 0.3) is 0 Å². The van der Waals surface area contributed by atoms with Gasteiger partial charge in [-0.25, -0.2) is 0 Å². The molecule has 110 valence electrons. The molecule has 1 rings (SSSR count). The Morgan fingerprint density at radius 2 is 1.80 bits per heavy atom. The fraction of sp³-hybridized carbons (Fsp3) is 0.444. The van der Waals surface area contributed by atoms with Crippen LogP contribution in [0.4, 0.5) is 0 Å². The maximum absolute atomic E-state index is 9.43. The molecule has 1 atom stereocenters. The molecule has 0 saturated carbocycles. The Bertz CT molecular complexity index is 449. The Kier molecular flexibility index (Phi) is 7.10. The predicted molar refractivity (Wildman–Crippen MR) is 85.0 cm³/mol. The zero-order valence-corrected chi connectivity index (χ0v) is 13.0. The highest BCUT2D eigenvalue weighted by Gasteiger charge is 2.00. The number of aliphatic hydroxyl groups is 1. The summed E-state index contributed by atoms with van der Waals surface area (Å²) >= 11 is 0. The number of hydrogen-bond acceptors (Lipinski definition) is 2. The van der Waals surface area contributed by atoms with Gasteiger partial charge in [-0.1, -0.05) is 29.4 Å². The first kappa shape index (κ1) is 16.5. The van der Waals surface area contributed by atoms with Crippen molar-refractivity contribution in [2.24, 2.45) is 0 Å². The number of rotatable bonds is 7. The molecule has 0 fully saturated rings. The van der Waals surface area contributed by atoms with Gasteiger partial charge in [0.15, 0.2) is 0 Å². The quantitative estimate of drug-likeness (QED) is 0.723. The number of benzene rings is 1. The second-order valence-corrected chi connectivity index (χ2v) is 5.43. The highest BCUT2D eigenvalue weighted by molar-refractivity contribution is 5.28. The second kappa shape index (κ2) is 8.60. The molecule has 1 unspecified atom stereocenters. The molecule has 1 N–H and O–H groups in total. The molecule has 0 aliphatic rings. The van der Waals surface area contributed by atoms with E-state index in [1.54, 1.807) is 6.92 Å². The highest BCUT2D eigenvalue weighted by Crippen LogP contribution is 2.17. The summed E-state index contributed by atoms with van der Waals surface area (Å²) in [4.78, 5) is 0. The summed E-state index contributed by atoms with van der Waals surface area (Å²) in [5.41, 5.74) is 3.63. The van der Waals surface area contributed by atoms with Gasteiger partial charge in [-0.05, 0) is 64.3 Å². The summed E-state index contributed by atoms with van der Waals surface area (Å²) in [5.74, 6) is 0.836. The smallest absolute Gasteiger partial charge is 0.119 e. The van der Waals surface area contributed by atoms with E-state index >= 15 is 0 Å². The number of hydrogen-bond donors (Lipinski definition) is 1. The third kappa shape index (κ3) is 6.58. The van der Waals surface area contributed by atoms with Crippen LogP contribution in [-0.4, -0.2) is 11.7 Å². The van der Waals surface area contributed by atoms with Crippen LogP contribution in [0.1, 0.15) is 52.2 Å². The van der Waals surface area contributed by atoms with Crippen LogP contribution in [-0.2, 0) is 0 Å². The van der Waals surface area contributed by atoms with Crippen molar-refractivity contribution in [3.63, 3.8) is 0 Å². The zero-order valence-electron chi connectivity index (χ0n) is 13.0. The van der Waals surface area contributed by atoms with E-state index in [1.165, 1.54) is 11.1 Å². The molecule has 0 aromatic heterocycles. The average Bonchev–Trinajstić information content (AvgIpc) is 2.39. The molecule has 2 heteroatoms. The standard InChI is InChI=1S/C18H26O2/c1-14(2)6-5-7-15(3)12-13-20-18-10-8-17(9-11-18)16(4)19/h6,8-12,16,19H,5,7,13H2,1-4H3. The van der Waals surface area contributed by atoms with Crippen molar-refractivity contribution in [3.8, 4) is 5.75 Å². The summed E-state index contributed by atoms with van der Waals surface area (Å²) in [5, 5.41) is 9.43. The summed E-state index contributed by atoms with van der Waals surface area (Å²) in [7, 11) is 0. The largest absolute Gasteiger partial charge is 0.490 e. The molecule has 0 aliphatic carbocycles. The van der Waals surface area contributed by atoms with Crippen LogP contribution in [0.5, 0.6) is 5.75 Å². The topological polar surface area (TPSA) is 29.5 Å². The SMILES string of the molecule is CC(C)=CCCC(C)=CCOc1ccc(C(C)O)cc1. The van der Waals surface area contributed by atoms with Gasteiger partial charge in [0.05, 0.1) is 6.10 Å². The Labute approximate surface area is 122 Å². The summed E-state index contributed by atoms with van der Waals surface area (Å²) in [6.45, 7) is 8.74. The van der Waals surface area contributed by atoms with E-state index in [0.29, 0.717) is 6.61 Å². The van der Waals surface area contributed by atoms with Gasteiger partial charge in [0.1, 0.15) is 12.4 Å². The summed E-state index contributed by atoms with van der Waals surface area (Å²) in [6.07, 6.45) is 6.12. The molecule has 20 heavy (non-hydrogen) atoms. The van der Waals surface area contributed by atoms with Crippen molar-refractivity contribution >= 4 is 0 Å².